The smallest absolute Gasteiger partial charge is 0.330 e. The lowest BCUT2D eigenvalue weighted by molar-refractivity contribution is -0.384. The zero-order chi connectivity index (χ0) is 41.0. The summed E-state index contributed by atoms with van der Waals surface area (Å²) in [6.45, 7) is 20.3. The van der Waals surface area contributed by atoms with Crippen molar-refractivity contribution in [1.82, 2.24) is 19.4 Å². The minimum absolute atomic E-state index is 0.0171. The molecule has 3 aromatic rings. The van der Waals surface area contributed by atoms with Gasteiger partial charge in [-0.2, -0.15) is 0 Å². The Kier molecular flexibility index (Phi) is 25.0. The summed E-state index contributed by atoms with van der Waals surface area (Å²) < 4.78 is 11.5. The molecule has 0 fully saturated rings. The third kappa shape index (κ3) is 18.3. The number of unbranched alkanes of at least 4 members (excludes halogenated alkanes) is 3. The minimum Gasteiger partial charge on any atom is -0.466 e. The molecule has 0 bridgehead atoms. The Morgan fingerprint density at radius 1 is 0.836 bits per heavy atom. The fourth-order valence-corrected chi connectivity index (χ4v) is 5.45. The molecule has 2 aromatic carbocycles. The molecule has 1 heterocycles. The van der Waals surface area contributed by atoms with Gasteiger partial charge < -0.3 is 34.0 Å². The fraction of sp³-hybridized carbons (Fsp3) is 0.524. The van der Waals surface area contributed by atoms with Crippen molar-refractivity contribution in [3.05, 3.63) is 75.6 Å². The van der Waals surface area contributed by atoms with E-state index in [1.807, 2.05) is 12.1 Å². The second-order valence-electron chi connectivity index (χ2n) is 12.6. The first-order chi connectivity index (χ1) is 26.5. The number of likely N-dealkylation sites (N-methyl/N-ethyl adjacent to an activating group) is 2. The molecule has 13 heteroatoms. The number of nitro groups is 1. The highest BCUT2D eigenvalue weighted by Crippen LogP contribution is 2.26. The first-order valence-electron chi connectivity index (χ1n) is 19.5. The van der Waals surface area contributed by atoms with Gasteiger partial charge in [-0.1, -0.05) is 66.5 Å². The zero-order valence-electron chi connectivity index (χ0n) is 34.3. The number of rotatable bonds is 22. The normalized spacial score (nSPS) is 11.0. The molecule has 0 atom stereocenters. The number of anilines is 1. The van der Waals surface area contributed by atoms with Crippen molar-refractivity contribution in [2.75, 3.05) is 65.3 Å². The molecule has 0 spiro atoms. The van der Waals surface area contributed by atoms with Gasteiger partial charge in [0.2, 0.25) is 0 Å². The number of hydrogen-bond acceptors (Lipinski definition) is 11. The standard InChI is InChI=1S/C21H31N3O2.C16H23N3O4.C5H10O/c1-5-8-9-20-22-18-16-17(11-13-21(25)26-4)10-12-19(18)24(20)15-14-23(6-2)7-3;1-4-18(5-2)11-10-17-14-8-6-13(7-9-16(20)23-3)12-15(14)19(21)22;1-2-3-4-5-6/h10-13,16H,5-9,14-15H2,1-4H3;6-9,12,17H,4-5,10-11H2,1-3H3;5H,2-4H2,1H3/b13-11+;9-7+;. The van der Waals surface area contributed by atoms with Gasteiger partial charge in [0.05, 0.1) is 30.2 Å². The molecule has 0 aliphatic rings. The predicted molar refractivity (Wildman–Crippen MR) is 223 cm³/mol. The topological polar surface area (TPSA) is 149 Å². The largest absolute Gasteiger partial charge is 0.466 e. The lowest BCUT2D eigenvalue weighted by Crippen LogP contribution is -2.28. The van der Waals surface area contributed by atoms with Crippen LogP contribution in [0.2, 0.25) is 0 Å². The maximum atomic E-state index is 11.3. The second kappa shape index (κ2) is 28.5. The minimum atomic E-state index is -0.505. The molecule has 55 heavy (non-hydrogen) atoms. The monoisotopic (exact) mass is 764 g/mol. The van der Waals surface area contributed by atoms with Crippen LogP contribution in [0.15, 0.2) is 48.6 Å². The Balaban J connectivity index is 0.000000482. The van der Waals surface area contributed by atoms with E-state index in [9.17, 15) is 24.5 Å². The Hall–Kier alpha value is -4.88. The maximum Gasteiger partial charge on any atom is 0.330 e. The number of ether oxygens (including phenoxy) is 2. The van der Waals surface area contributed by atoms with Crippen molar-refractivity contribution in [2.24, 2.45) is 0 Å². The summed E-state index contributed by atoms with van der Waals surface area (Å²) in [5, 5.41) is 14.3. The highest BCUT2D eigenvalue weighted by molar-refractivity contribution is 5.88. The van der Waals surface area contributed by atoms with Gasteiger partial charge in [-0.3, -0.25) is 10.1 Å². The van der Waals surface area contributed by atoms with Crippen molar-refractivity contribution in [1.29, 1.82) is 0 Å². The Morgan fingerprint density at radius 3 is 1.91 bits per heavy atom. The van der Waals surface area contributed by atoms with Gasteiger partial charge in [0.15, 0.2) is 0 Å². The van der Waals surface area contributed by atoms with E-state index < -0.39 is 10.9 Å². The molecule has 1 aromatic heterocycles. The molecule has 304 valence electrons. The van der Waals surface area contributed by atoms with Gasteiger partial charge in [0, 0.05) is 57.2 Å². The number of methoxy groups -OCH3 is 2. The maximum absolute atomic E-state index is 11.3. The number of fused-ring (bicyclic) bond motifs is 1. The number of imidazole rings is 1. The van der Waals surface area contributed by atoms with Crippen LogP contribution < -0.4 is 5.32 Å². The SMILES string of the molecule is CCCCC=O.CCCCc1nc2cc(/C=C/C(=O)OC)ccc2n1CCN(CC)CC.CCN(CC)CCNc1ccc(/C=C/C(=O)OC)cc1[N+](=O)[O-]. The van der Waals surface area contributed by atoms with Crippen LogP contribution in [0.4, 0.5) is 11.4 Å². The molecule has 0 saturated heterocycles. The number of carbonyl (C=O) groups excluding carboxylic acids is 3. The third-order valence-corrected chi connectivity index (χ3v) is 8.90. The van der Waals surface area contributed by atoms with E-state index in [0.29, 0.717) is 17.8 Å². The van der Waals surface area contributed by atoms with E-state index >= 15 is 0 Å². The summed E-state index contributed by atoms with van der Waals surface area (Å²) in [6, 6.07) is 11.0. The zero-order valence-corrected chi connectivity index (χ0v) is 34.3. The average Bonchev–Trinajstić information content (AvgIpc) is 3.56. The number of hydrogen-bond donors (Lipinski definition) is 1. The second-order valence-corrected chi connectivity index (χ2v) is 12.6. The molecule has 0 unspecified atom stereocenters. The van der Waals surface area contributed by atoms with Gasteiger partial charge in [-0.15, -0.1) is 0 Å². The number of aromatic nitrogens is 2. The summed E-state index contributed by atoms with van der Waals surface area (Å²) >= 11 is 0. The number of aryl methyl sites for hydroxylation is 1. The fourth-order valence-electron chi connectivity index (χ4n) is 5.45. The Morgan fingerprint density at radius 2 is 1.40 bits per heavy atom. The molecule has 0 amide bonds. The molecular formula is C42H64N6O7. The average molecular weight is 765 g/mol. The van der Waals surface area contributed by atoms with E-state index in [1.54, 1.807) is 18.2 Å². The van der Waals surface area contributed by atoms with Crippen LogP contribution in [0.25, 0.3) is 23.2 Å². The number of aldehydes is 1. The van der Waals surface area contributed by atoms with Gasteiger partial charge in [-0.25, -0.2) is 14.6 Å². The molecule has 0 saturated carbocycles. The van der Waals surface area contributed by atoms with Gasteiger partial charge >= 0.3 is 11.9 Å². The number of nitrogens with zero attached hydrogens (tertiary/aromatic N) is 5. The van der Waals surface area contributed by atoms with Crippen molar-refractivity contribution < 1.29 is 28.8 Å². The van der Waals surface area contributed by atoms with Crippen LogP contribution in [0.5, 0.6) is 0 Å². The molecular weight excluding hydrogens is 700 g/mol. The van der Waals surface area contributed by atoms with Crippen LogP contribution in [0.3, 0.4) is 0 Å². The van der Waals surface area contributed by atoms with E-state index in [2.05, 4.69) is 76.8 Å². The van der Waals surface area contributed by atoms with Crippen LogP contribution in [0, 0.1) is 10.1 Å². The number of benzene rings is 2. The van der Waals surface area contributed by atoms with Crippen molar-refractivity contribution in [3.8, 4) is 0 Å². The van der Waals surface area contributed by atoms with Crippen molar-refractivity contribution in [3.63, 3.8) is 0 Å². The molecule has 0 radical (unpaired) electrons. The Bertz CT molecular complexity index is 1640. The van der Waals surface area contributed by atoms with Gasteiger partial charge in [0.25, 0.3) is 5.69 Å². The number of esters is 2. The van der Waals surface area contributed by atoms with E-state index in [-0.39, 0.29) is 11.7 Å². The lowest BCUT2D eigenvalue weighted by atomic mass is 10.1. The van der Waals surface area contributed by atoms with Crippen LogP contribution in [-0.4, -0.2) is 103 Å². The quantitative estimate of drug-likeness (QED) is 0.0267. The molecule has 0 aliphatic heterocycles. The van der Waals surface area contributed by atoms with Crippen LogP contribution in [-0.2, 0) is 36.8 Å². The first-order valence-corrected chi connectivity index (χ1v) is 19.5. The van der Waals surface area contributed by atoms with Gasteiger partial charge in [-0.05, 0) is 80.5 Å². The molecule has 3 rings (SSSR count). The molecule has 0 aliphatic carbocycles. The Labute approximate surface area is 327 Å². The first kappa shape index (κ1) is 48.1. The van der Waals surface area contributed by atoms with Crippen LogP contribution in [0.1, 0.15) is 90.6 Å². The van der Waals surface area contributed by atoms with E-state index in [0.717, 1.165) is 108 Å². The summed E-state index contributed by atoms with van der Waals surface area (Å²) in [6.07, 6.45) is 13.1. The highest BCUT2D eigenvalue weighted by atomic mass is 16.6. The molecule has 1 N–H and O–H groups in total. The number of carbonyl (C=O) groups is 3. The number of nitro benzene ring substituents is 1. The van der Waals surface area contributed by atoms with Crippen molar-refractivity contribution >= 4 is 52.8 Å². The molecule has 13 nitrogen and oxygen atoms in total. The highest BCUT2D eigenvalue weighted by Gasteiger charge is 2.15. The van der Waals surface area contributed by atoms with Crippen molar-refractivity contribution in [2.45, 2.75) is 86.6 Å². The lowest BCUT2D eigenvalue weighted by Gasteiger charge is -2.19. The number of nitrogens with one attached hydrogen (secondary N) is 1. The third-order valence-electron chi connectivity index (χ3n) is 8.90. The summed E-state index contributed by atoms with van der Waals surface area (Å²) in [4.78, 5) is 52.3. The van der Waals surface area contributed by atoms with Crippen LogP contribution >= 0.6 is 0 Å². The van der Waals surface area contributed by atoms with Gasteiger partial charge in [0.1, 0.15) is 17.8 Å². The summed E-state index contributed by atoms with van der Waals surface area (Å²) in [7, 11) is 2.66. The van der Waals surface area contributed by atoms with E-state index in [4.69, 9.17) is 4.98 Å². The summed E-state index contributed by atoms with van der Waals surface area (Å²) in [5.41, 5.74) is 4.13. The van der Waals surface area contributed by atoms with E-state index in [1.165, 1.54) is 44.0 Å². The predicted octanol–water partition coefficient (Wildman–Crippen LogP) is 7.82. The summed E-state index contributed by atoms with van der Waals surface area (Å²) in [5.74, 6) is 0.302.